The summed E-state index contributed by atoms with van der Waals surface area (Å²) in [6.45, 7) is 2.94. The Morgan fingerprint density at radius 2 is 2.00 bits per heavy atom. The number of anilines is 1. The van der Waals surface area contributed by atoms with Crippen LogP contribution in [0.25, 0.3) is 10.2 Å². The predicted octanol–water partition coefficient (Wildman–Crippen LogP) is 6.46. The Bertz CT molecular complexity index is 1180. The third kappa shape index (κ3) is 5.79. The molecule has 0 aliphatic carbocycles. The molecule has 0 unspecified atom stereocenters. The highest BCUT2D eigenvalue weighted by Crippen LogP contribution is 2.33. The number of thioether (sulfide) groups is 1. The van der Waals surface area contributed by atoms with E-state index < -0.39 is 0 Å². The van der Waals surface area contributed by atoms with Crippen molar-refractivity contribution in [1.29, 1.82) is 0 Å². The molecule has 0 fully saturated rings. The molecule has 1 amide bonds. The van der Waals surface area contributed by atoms with Gasteiger partial charge < -0.3 is 4.74 Å². The van der Waals surface area contributed by atoms with Gasteiger partial charge in [0.15, 0.2) is 5.13 Å². The smallest absolute Gasteiger partial charge is 0.229 e. The van der Waals surface area contributed by atoms with Crippen molar-refractivity contribution >= 4 is 56.0 Å². The molecule has 8 heteroatoms. The summed E-state index contributed by atoms with van der Waals surface area (Å²) in [6, 6.07) is 19.2. The van der Waals surface area contributed by atoms with Gasteiger partial charge in [-0.2, -0.15) is 0 Å². The fraction of sp³-hybridized carbons (Fsp3) is 0.208. The Labute approximate surface area is 200 Å². The number of fused-ring (bicyclic) bond motifs is 1. The number of rotatable bonds is 9. The van der Waals surface area contributed by atoms with Crippen LogP contribution in [-0.2, 0) is 11.3 Å². The minimum atomic E-state index is 0.0150. The van der Waals surface area contributed by atoms with E-state index in [4.69, 9.17) is 21.3 Å². The lowest BCUT2D eigenvalue weighted by Gasteiger charge is -2.19. The van der Waals surface area contributed by atoms with Crippen molar-refractivity contribution < 1.29 is 9.53 Å². The number of ether oxygens (including phenoxy) is 1. The van der Waals surface area contributed by atoms with Crippen LogP contribution in [0.3, 0.4) is 0 Å². The van der Waals surface area contributed by atoms with Crippen molar-refractivity contribution in [3.63, 3.8) is 0 Å². The highest BCUT2D eigenvalue weighted by atomic mass is 35.5. The molecule has 2 aromatic heterocycles. The van der Waals surface area contributed by atoms with Gasteiger partial charge in [-0.1, -0.05) is 29.0 Å². The molecule has 0 N–H and O–H groups in total. The molecule has 5 nitrogen and oxygen atoms in total. The highest BCUT2D eigenvalue weighted by Gasteiger charge is 2.21. The standard InChI is InChI=1S/C24H22ClN3O2S2/c1-2-30-19-8-11-21-22(15-19)32-24(27-21)28(16-18-5-3-4-13-26-18)23(29)12-14-31-20-9-6-17(25)7-10-20/h3-11,13,15H,2,12,14,16H2,1H3. The molecule has 4 rings (SSSR count). The van der Waals surface area contributed by atoms with Gasteiger partial charge in [0.2, 0.25) is 5.91 Å². The van der Waals surface area contributed by atoms with Crippen molar-refractivity contribution in [2.75, 3.05) is 17.3 Å². The summed E-state index contributed by atoms with van der Waals surface area (Å²) in [5.74, 6) is 1.48. The molecular weight excluding hydrogens is 462 g/mol. The summed E-state index contributed by atoms with van der Waals surface area (Å²) < 4.78 is 6.59. The van der Waals surface area contributed by atoms with Crippen molar-refractivity contribution in [1.82, 2.24) is 9.97 Å². The maximum atomic E-state index is 13.2. The Morgan fingerprint density at radius 1 is 1.16 bits per heavy atom. The van der Waals surface area contributed by atoms with Crippen LogP contribution < -0.4 is 9.64 Å². The molecule has 0 bridgehead atoms. The number of pyridine rings is 1. The molecule has 0 aliphatic rings. The second-order valence-electron chi connectivity index (χ2n) is 6.91. The molecule has 0 radical (unpaired) electrons. The maximum Gasteiger partial charge on any atom is 0.229 e. The van der Waals surface area contributed by atoms with Crippen LogP contribution in [0.5, 0.6) is 5.75 Å². The summed E-state index contributed by atoms with van der Waals surface area (Å²) >= 11 is 9.08. The zero-order valence-corrected chi connectivity index (χ0v) is 19.9. The van der Waals surface area contributed by atoms with Crippen LogP contribution in [-0.4, -0.2) is 28.2 Å². The monoisotopic (exact) mass is 483 g/mol. The first-order valence-electron chi connectivity index (χ1n) is 10.2. The number of carbonyl (C=O) groups excluding carboxylic acids is 1. The average molecular weight is 484 g/mol. The summed E-state index contributed by atoms with van der Waals surface area (Å²) in [5, 5.41) is 1.37. The molecule has 32 heavy (non-hydrogen) atoms. The number of halogens is 1. The number of nitrogens with zero attached hydrogens (tertiary/aromatic N) is 3. The van der Waals surface area contributed by atoms with E-state index in [0.29, 0.717) is 35.5 Å². The SMILES string of the molecule is CCOc1ccc2nc(N(Cc3ccccn3)C(=O)CCSc3ccc(Cl)cc3)sc2c1. The number of thiazole rings is 1. The van der Waals surface area contributed by atoms with Gasteiger partial charge in [-0.15, -0.1) is 11.8 Å². The first-order valence-corrected chi connectivity index (χ1v) is 12.4. The predicted molar refractivity (Wildman–Crippen MR) is 133 cm³/mol. The van der Waals surface area contributed by atoms with Gasteiger partial charge in [0.1, 0.15) is 5.75 Å². The molecular formula is C24H22ClN3O2S2. The van der Waals surface area contributed by atoms with E-state index in [2.05, 4.69) is 4.98 Å². The number of aromatic nitrogens is 2. The van der Waals surface area contributed by atoms with Gasteiger partial charge in [0, 0.05) is 28.3 Å². The topological polar surface area (TPSA) is 55.3 Å². The highest BCUT2D eigenvalue weighted by molar-refractivity contribution is 7.99. The maximum absolute atomic E-state index is 13.2. The molecule has 164 valence electrons. The number of benzene rings is 2. The Hall–Kier alpha value is -2.61. The Morgan fingerprint density at radius 3 is 2.75 bits per heavy atom. The van der Waals surface area contributed by atoms with Crippen LogP contribution >= 0.6 is 34.7 Å². The van der Waals surface area contributed by atoms with E-state index in [0.717, 1.165) is 26.6 Å². The zero-order chi connectivity index (χ0) is 22.3. The minimum Gasteiger partial charge on any atom is -0.494 e. The van der Waals surface area contributed by atoms with E-state index in [9.17, 15) is 4.79 Å². The Balaban J connectivity index is 1.53. The molecule has 4 aromatic rings. The van der Waals surface area contributed by atoms with Crippen molar-refractivity contribution in [3.8, 4) is 5.75 Å². The van der Waals surface area contributed by atoms with E-state index in [1.807, 2.05) is 67.6 Å². The molecule has 0 spiro atoms. The van der Waals surface area contributed by atoms with Gasteiger partial charge >= 0.3 is 0 Å². The molecule has 2 heterocycles. The first-order chi connectivity index (χ1) is 15.6. The first kappa shape index (κ1) is 22.6. The van der Waals surface area contributed by atoms with Gasteiger partial charge in [-0.25, -0.2) is 4.98 Å². The second kappa shape index (κ2) is 10.8. The van der Waals surface area contributed by atoms with Gasteiger partial charge in [0.05, 0.1) is 29.1 Å². The summed E-state index contributed by atoms with van der Waals surface area (Å²) in [4.78, 5) is 25.2. The van der Waals surface area contributed by atoms with Gasteiger partial charge in [-0.3, -0.25) is 14.7 Å². The molecule has 0 aliphatic heterocycles. The molecule has 0 atom stereocenters. The fourth-order valence-electron chi connectivity index (χ4n) is 3.10. The van der Waals surface area contributed by atoms with E-state index in [1.165, 1.54) is 11.3 Å². The van der Waals surface area contributed by atoms with Crippen LogP contribution in [0.2, 0.25) is 5.02 Å². The lowest BCUT2D eigenvalue weighted by molar-refractivity contribution is -0.118. The number of hydrogen-bond acceptors (Lipinski definition) is 6. The third-order valence-electron chi connectivity index (χ3n) is 4.64. The number of hydrogen-bond donors (Lipinski definition) is 0. The third-order valence-corrected chi connectivity index (χ3v) is 6.94. The number of amides is 1. The number of carbonyl (C=O) groups is 1. The molecule has 0 saturated heterocycles. The van der Waals surface area contributed by atoms with Crippen molar-refractivity contribution in [2.45, 2.75) is 24.8 Å². The van der Waals surface area contributed by atoms with E-state index in [-0.39, 0.29) is 5.91 Å². The molecule has 0 saturated carbocycles. The van der Waals surface area contributed by atoms with E-state index >= 15 is 0 Å². The van der Waals surface area contributed by atoms with Crippen LogP contribution in [0.1, 0.15) is 19.0 Å². The van der Waals surface area contributed by atoms with Gasteiger partial charge in [-0.05, 0) is 61.5 Å². The largest absolute Gasteiger partial charge is 0.494 e. The van der Waals surface area contributed by atoms with Crippen LogP contribution in [0, 0.1) is 0 Å². The second-order valence-corrected chi connectivity index (χ2v) is 9.53. The lowest BCUT2D eigenvalue weighted by atomic mass is 10.3. The van der Waals surface area contributed by atoms with Crippen molar-refractivity contribution in [2.24, 2.45) is 0 Å². The summed E-state index contributed by atoms with van der Waals surface area (Å²) in [6.07, 6.45) is 2.13. The zero-order valence-electron chi connectivity index (χ0n) is 17.5. The fourth-order valence-corrected chi connectivity index (χ4v) is 5.08. The summed E-state index contributed by atoms with van der Waals surface area (Å²) in [7, 11) is 0. The normalized spacial score (nSPS) is 10.9. The lowest BCUT2D eigenvalue weighted by Crippen LogP contribution is -2.30. The van der Waals surface area contributed by atoms with Crippen LogP contribution in [0.4, 0.5) is 5.13 Å². The minimum absolute atomic E-state index is 0.0150. The van der Waals surface area contributed by atoms with Crippen molar-refractivity contribution in [3.05, 3.63) is 77.6 Å². The summed E-state index contributed by atoms with van der Waals surface area (Å²) in [5.41, 5.74) is 1.67. The van der Waals surface area contributed by atoms with Gasteiger partial charge in [0.25, 0.3) is 0 Å². The Kier molecular flexibility index (Phi) is 7.63. The average Bonchev–Trinajstić information content (AvgIpc) is 3.22. The van der Waals surface area contributed by atoms with E-state index in [1.54, 1.807) is 22.9 Å². The van der Waals surface area contributed by atoms with Crippen LogP contribution in [0.15, 0.2) is 71.8 Å². The quantitative estimate of drug-likeness (QED) is 0.256. The molecule has 2 aromatic carbocycles.